The number of benzene rings is 4. The fourth-order valence-corrected chi connectivity index (χ4v) is 6.15. The van der Waals surface area contributed by atoms with Gasteiger partial charge in [0.15, 0.2) is 0 Å². The van der Waals surface area contributed by atoms with Crippen LogP contribution in [0.15, 0.2) is 78.9 Å². The van der Waals surface area contributed by atoms with Crippen LogP contribution in [-0.4, -0.2) is 6.88 Å². The van der Waals surface area contributed by atoms with E-state index in [2.05, 4.69) is 155 Å². The summed E-state index contributed by atoms with van der Waals surface area (Å²) in [6, 6.07) is 29.5. The molecule has 0 nitrogen and oxygen atoms in total. The van der Waals surface area contributed by atoms with Crippen molar-refractivity contribution in [1.29, 1.82) is 0 Å². The van der Waals surface area contributed by atoms with E-state index in [1.54, 1.807) is 0 Å². The molecule has 6 rings (SSSR count). The Bertz CT molecular complexity index is 1910. The summed E-state index contributed by atoms with van der Waals surface area (Å²) in [4.78, 5) is 0. The zero-order valence-electron chi connectivity index (χ0n) is 29.6. The predicted molar refractivity (Wildman–Crippen MR) is 201 cm³/mol. The van der Waals surface area contributed by atoms with Crippen molar-refractivity contribution in [3.05, 3.63) is 144 Å². The summed E-state index contributed by atoms with van der Waals surface area (Å²) in [7, 11) is 0. The van der Waals surface area contributed by atoms with E-state index in [1.165, 1.54) is 117 Å². The van der Waals surface area contributed by atoms with Crippen molar-refractivity contribution in [3.63, 3.8) is 0 Å². The van der Waals surface area contributed by atoms with Crippen molar-refractivity contribution in [1.82, 2.24) is 0 Å². The Labute approximate surface area is 291 Å². The first kappa shape index (κ1) is 38.4. The summed E-state index contributed by atoms with van der Waals surface area (Å²) in [6.45, 7) is 25.2. The molecule has 0 aromatic heterocycles. The molecule has 0 spiro atoms. The van der Waals surface area contributed by atoms with Crippen molar-refractivity contribution in [2.24, 2.45) is 0 Å². The maximum atomic E-state index is 3.06. The van der Waals surface area contributed by atoms with Gasteiger partial charge in [0.2, 0.25) is 0 Å². The Morgan fingerprint density at radius 3 is 1.56 bits per heavy atom. The van der Waals surface area contributed by atoms with Crippen LogP contribution in [-0.2, 0) is 23.3 Å². The van der Waals surface area contributed by atoms with Crippen molar-refractivity contribution in [2.75, 3.05) is 0 Å². The van der Waals surface area contributed by atoms with E-state index in [0.717, 1.165) is 0 Å². The fourth-order valence-electron chi connectivity index (χ4n) is 6.15. The first-order chi connectivity index (χ1) is 20.5. The molecule has 6 aromatic rings. The molecule has 0 atom stereocenters. The van der Waals surface area contributed by atoms with Gasteiger partial charge < -0.3 is 14.9 Å². The Balaban J connectivity index is 0.000000285. The van der Waals surface area contributed by atoms with Crippen LogP contribution >= 0.6 is 0 Å². The van der Waals surface area contributed by atoms with Crippen molar-refractivity contribution >= 4 is 28.4 Å². The molecule has 2 radical (unpaired) electrons. The molecule has 6 aromatic carbocycles. The molecule has 45 heavy (non-hydrogen) atoms. The first-order valence-electron chi connectivity index (χ1n) is 15.2. The van der Waals surface area contributed by atoms with Crippen LogP contribution in [0.2, 0.25) is 0 Å². The van der Waals surface area contributed by atoms with Gasteiger partial charge in [0.25, 0.3) is 0 Å². The average Bonchev–Trinajstić information content (AvgIpc) is 3.62. The van der Waals surface area contributed by atoms with Crippen LogP contribution in [0.25, 0.3) is 43.8 Å². The molecule has 0 aliphatic rings. The molecule has 0 saturated heterocycles. The minimum absolute atomic E-state index is 0. The second-order valence-electron chi connectivity index (χ2n) is 12.4. The van der Waals surface area contributed by atoms with Gasteiger partial charge in [-0.05, 0) is 92.0 Å². The van der Waals surface area contributed by atoms with Crippen molar-refractivity contribution in [3.8, 4) is 22.3 Å². The summed E-state index contributed by atoms with van der Waals surface area (Å²) in [5.41, 5.74) is 17.9. The third-order valence-corrected chi connectivity index (χ3v) is 9.39. The van der Waals surface area contributed by atoms with Crippen LogP contribution in [0.3, 0.4) is 0 Å². The normalized spacial score (nSPS) is 10.4. The molecule has 0 saturated carbocycles. The van der Waals surface area contributed by atoms with Gasteiger partial charge in [-0.3, -0.25) is 0 Å². The molecule has 0 unspecified atom stereocenters. The molecule has 0 aliphatic heterocycles. The number of hydrogen-bond donors (Lipinski definition) is 0. The summed E-state index contributed by atoms with van der Waals surface area (Å²) >= 11 is 1.36. The maximum absolute atomic E-state index is 3.06. The molecule has 2 heteroatoms. The number of rotatable bonds is 3. The quantitative estimate of drug-likeness (QED) is 0.128. The molecule has 0 aliphatic carbocycles. The summed E-state index contributed by atoms with van der Waals surface area (Å²) in [5, 5.41) is 5.51. The van der Waals surface area contributed by atoms with E-state index in [0.29, 0.717) is 5.92 Å². The van der Waals surface area contributed by atoms with Crippen LogP contribution in [0.5, 0.6) is 0 Å². The molecule has 0 bridgehead atoms. The standard InChI is InChI=1S/C21H23.C20H21.2CH3.Si.Zr/c1-13(2)18-11-17-7-6-8-20(21(17)12-18)19-10-9-14(3)15(4)16(19)5;1-12-10-19-14(3)7-9-18(20(19)11-12)17-8-6-13(2)15(4)16(17)5;;;;/h6-13H,1-5H3;6-11H,1-5H3;2*1H3;;/q4*-1;;. The number of hydrogen-bond acceptors (Lipinski definition) is 0. The second kappa shape index (κ2) is 16.2. The van der Waals surface area contributed by atoms with Gasteiger partial charge in [-0.25, -0.2) is 0 Å². The molecule has 0 fully saturated rings. The molecular weight excluding hydrogens is 636 g/mol. The van der Waals surface area contributed by atoms with Gasteiger partial charge in [0.1, 0.15) is 0 Å². The first-order valence-corrected chi connectivity index (χ1v) is 19.4. The van der Waals surface area contributed by atoms with E-state index in [4.69, 9.17) is 0 Å². The minimum atomic E-state index is 0. The third-order valence-electron chi connectivity index (χ3n) is 9.39. The topological polar surface area (TPSA) is 0 Å². The second-order valence-corrected chi connectivity index (χ2v) is 12.4. The van der Waals surface area contributed by atoms with Crippen molar-refractivity contribution < 1.29 is 23.3 Å². The summed E-state index contributed by atoms with van der Waals surface area (Å²) < 4.78 is 0. The van der Waals surface area contributed by atoms with Gasteiger partial charge in [0, 0.05) is 0 Å². The molecule has 234 valence electrons. The zero-order valence-corrected chi connectivity index (χ0v) is 33.0. The average molecular weight is 686 g/mol. The molecule has 0 amide bonds. The van der Waals surface area contributed by atoms with E-state index >= 15 is 0 Å². The van der Waals surface area contributed by atoms with Gasteiger partial charge in [-0.2, -0.15) is 12.1 Å². The molecule has 0 N–H and O–H groups in total. The Hall–Kier alpha value is -2.80. The molecular formula is C43H50SiZr-4. The summed E-state index contributed by atoms with van der Waals surface area (Å²) in [6.07, 6.45) is 0. The SMILES string of the molecule is Cc1cc2c(-c3ccc(C)c(C)c3C)ccc(C)c2[cH-]1.Cc1ccc(-c2cccc3[cH-]c(C(C)C)cc23)c(C)c1C.[CH3-].[CH3-].[Si]=[Zr]. The molecule has 0 heterocycles. The Morgan fingerprint density at radius 1 is 0.533 bits per heavy atom. The van der Waals surface area contributed by atoms with Crippen LogP contribution in [0.1, 0.15) is 69.8 Å². The number of aryl methyl sites for hydroxylation is 4. The predicted octanol–water partition coefficient (Wildman–Crippen LogP) is 12.6. The monoisotopic (exact) mass is 684 g/mol. The van der Waals surface area contributed by atoms with E-state index in [9.17, 15) is 0 Å². The van der Waals surface area contributed by atoms with E-state index in [1.807, 2.05) is 0 Å². The third kappa shape index (κ3) is 7.78. The van der Waals surface area contributed by atoms with Gasteiger partial charge in [0.05, 0.1) is 0 Å². The van der Waals surface area contributed by atoms with Gasteiger partial charge >= 0.3 is 30.2 Å². The fraction of sp³-hybridized carbons (Fsp3) is 0.256. The van der Waals surface area contributed by atoms with Crippen LogP contribution < -0.4 is 0 Å². The van der Waals surface area contributed by atoms with Gasteiger partial charge in [-0.15, -0.1) is 68.6 Å². The van der Waals surface area contributed by atoms with E-state index in [-0.39, 0.29) is 14.9 Å². The zero-order chi connectivity index (χ0) is 31.6. The van der Waals surface area contributed by atoms with Crippen molar-refractivity contribution in [2.45, 2.75) is 75.2 Å². The number of fused-ring (bicyclic) bond motifs is 2. The summed E-state index contributed by atoms with van der Waals surface area (Å²) in [5.74, 6) is 0.575. The Kier molecular flexibility index (Phi) is 13.8. The van der Waals surface area contributed by atoms with Crippen LogP contribution in [0, 0.1) is 70.2 Å². The van der Waals surface area contributed by atoms with Gasteiger partial charge in [-0.1, -0.05) is 75.2 Å². The van der Waals surface area contributed by atoms with Crippen LogP contribution in [0.4, 0.5) is 0 Å². The van der Waals surface area contributed by atoms with E-state index < -0.39 is 0 Å². The Morgan fingerprint density at radius 2 is 1.02 bits per heavy atom.